The second-order valence-corrected chi connectivity index (χ2v) is 7.65. The lowest BCUT2D eigenvalue weighted by molar-refractivity contribution is 0.526. The summed E-state index contributed by atoms with van der Waals surface area (Å²) in [5, 5.41) is 1.30. The maximum absolute atomic E-state index is 13.0. The molecular formula is C21H24ClN5O2. The van der Waals surface area contributed by atoms with Gasteiger partial charge in [0, 0.05) is 30.2 Å². The Bertz CT molecular complexity index is 1260. The Morgan fingerprint density at radius 2 is 1.86 bits per heavy atom. The number of benzene rings is 1. The van der Waals surface area contributed by atoms with Gasteiger partial charge in [-0.1, -0.05) is 38.0 Å². The zero-order chi connectivity index (χ0) is 20.4. The number of unbranched alkanes of at least 4 members (excludes halogenated alkanes) is 2. The van der Waals surface area contributed by atoms with E-state index in [9.17, 15) is 9.59 Å². The van der Waals surface area contributed by atoms with Gasteiger partial charge in [-0.25, -0.2) is 4.79 Å². The summed E-state index contributed by atoms with van der Waals surface area (Å²) in [6.45, 7) is 2.97. The molecule has 0 aliphatic rings. The predicted molar refractivity (Wildman–Crippen MR) is 116 cm³/mol. The topological polar surface area (TPSA) is 88.5 Å². The van der Waals surface area contributed by atoms with Crippen LogP contribution in [-0.4, -0.2) is 24.1 Å². The van der Waals surface area contributed by atoms with Crippen LogP contribution in [0.15, 0.2) is 40.1 Å². The van der Waals surface area contributed by atoms with E-state index < -0.39 is 0 Å². The van der Waals surface area contributed by atoms with Crippen LogP contribution in [0.5, 0.6) is 0 Å². The van der Waals surface area contributed by atoms with Gasteiger partial charge in [0.25, 0.3) is 5.56 Å². The van der Waals surface area contributed by atoms with Crippen molar-refractivity contribution < 1.29 is 0 Å². The summed E-state index contributed by atoms with van der Waals surface area (Å²) in [6, 6.07) is 8.11. The molecule has 0 unspecified atom stereocenters. The maximum atomic E-state index is 13.0. The zero-order valence-electron chi connectivity index (χ0n) is 16.4. The van der Waals surface area contributed by atoms with Gasteiger partial charge in [0.15, 0.2) is 11.2 Å². The minimum absolute atomic E-state index is 0.122. The molecule has 7 nitrogen and oxygen atoms in total. The van der Waals surface area contributed by atoms with Gasteiger partial charge in [-0.15, -0.1) is 0 Å². The summed E-state index contributed by atoms with van der Waals surface area (Å²) in [7, 11) is 0. The van der Waals surface area contributed by atoms with Crippen LogP contribution in [0.4, 0.5) is 0 Å². The Morgan fingerprint density at radius 1 is 1.07 bits per heavy atom. The monoisotopic (exact) mass is 413 g/mol. The normalized spacial score (nSPS) is 11.7. The Balaban J connectivity index is 1.62. The zero-order valence-corrected chi connectivity index (χ0v) is 17.1. The molecule has 0 bridgehead atoms. The first-order valence-corrected chi connectivity index (χ1v) is 10.4. The third-order valence-corrected chi connectivity index (χ3v) is 5.50. The Hall–Kier alpha value is -2.80. The molecule has 0 aliphatic carbocycles. The Labute approximate surface area is 172 Å². The van der Waals surface area contributed by atoms with Crippen LogP contribution in [0.25, 0.3) is 22.1 Å². The van der Waals surface area contributed by atoms with Gasteiger partial charge < -0.3 is 9.97 Å². The van der Waals surface area contributed by atoms with Gasteiger partial charge in [-0.2, -0.15) is 4.98 Å². The van der Waals surface area contributed by atoms with Gasteiger partial charge in [0.1, 0.15) is 0 Å². The largest absolute Gasteiger partial charge is 0.361 e. The van der Waals surface area contributed by atoms with Gasteiger partial charge in [-0.05, 0) is 42.5 Å². The first-order valence-electron chi connectivity index (χ1n) is 10.0. The molecule has 0 spiro atoms. The fourth-order valence-corrected chi connectivity index (χ4v) is 4.00. The van der Waals surface area contributed by atoms with Crippen molar-refractivity contribution in [2.24, 2.45) is 0 Å². The van der Waals surface area contributed by atoms with Crippen LogP contribution in [0.1, 0.15) is 38.2 Å². The molecule has 1 aromatic carbocycles. The van der Waals surface area contributed by atoms with Crippen LogP contribution in [0.3, 0.4) is 0 Å². The van der Waals surface area contributed by atoms with E-state index in [0.29, 0.717) is 25.2 Å². The summed E-state index contributed by atoms with van der Waals surface area (Å²) >= 11 is 5.99. The Morgan fingerprint density at radius 3 is 2.69 bits per heavy atom. The lowest BCUT2D eigenvalue weighted by Crippen LogP contribution is -2.40. The lowest BCUT2D eigenvalue weighted by atomic mass is 10.1. The van der Waals surface area contributed by atoms with Crippen molar-refractivity contribution in [1.82, 2.24) is 24.1 Å². The first-order chi connectivity index (χ1) is 14.1. The highest BCUT2D eigenvalue weighted by Crippen LogP contribution is 2.19. The quantitative estimate of drug-likeness (QED) is 0.339. The number of halogens is 1. The van der Waals surface area contributed by atoms with E-state index in [1.165, 1.54) is 15.5 Å². The van der Waals surface area contributed by atoms with Crippen LogP contribution in [0.2, 0.25) is 5.28 Å². The van der Waals surface area contributed by atoms with Crippen molar-refractivity contribution in [3.8, 4) is 0 Å². The number of para-hydroxylation sites is 1. The molecule has 0 radical (unpaired) electrons. The highest BCUT2D eigenvalue weighted by Gasteiger charge is 2.16. The highest BCUT2D eigenvalue weighted by atomic mass is 35.5. The number of nitrogens with one attached hydrogen (secondary N) is 2. The van der Waals surface area contributed by atoms with Gasteiger partial charge in [-0.3, -0.25) is 13.9 Å². The number of imidazole rings is 1. The summed E-state index contributed by atoms with van der Waals surface area (Å²) < 4.78 is 2.87. The molecule has 0 saturated carbocycles. The number of hydrogen-bond acceptors (Lipinski definition) is 3. The average Bonchev–Trinajstić information content (AvgIpc) is 3.31. The number of aromatic amines is 2. The van der Waals surface area contributed by atoms with Gasteiger partial charge in [0.2, 0.25) is 5.28 Å². The number of H-pyrrole nitrogens is 2. The number of rotatable bonds is 8. The van der Waals surface area contributed by atoms with E-state index >= 15 is 0 Å². The maximum Gasteiger partial charge on any atom is 0.332 e. The summed E-state index contributed by atoms with van der Waals surface area (Å²) in [4.78, 5) is 36.1. The standard InChI is InChI=1S/C21H24ClN5O2/c1-2-3-6-11-26-18-17(24-20(22)25-18)19(28)27(21(26)29)12-7-8-14-13-23-16-10-5-4-9-15(14)16/h4-5,9-10,13,23H,2-3,6-8,11-12H2,1H3,(H,24,25). The fraction of sp³-hybridized carbons (Fsp3) is 0.381. The van der Waals surface area contributed by atoms with Crippen molar-refractivity contribution in [1.29, 1.82) is 0 Å². The minimum atomic E-state index is -0.366. The minimum Gasteiger partial charge on any atom is -0.361 e. The molecule has 2 N–H and O–H groups in total. The van der Waals surface area contributed by atoms with Crippen molar-refractivity contribution in [3.05, 3.63) is 62.1 Å². The molecule has 4 aromatic rings. The van der Waals surface area contributed by atoms with Crippen molar-refractivity contribution >= 4 is 33.7 Å². The Kier molecular flexibility index (Phi) is 5.58. The molecule has 152 valence electrons. The average molecular weight is 414 g/mol. The number of nitrogens with zero attached hydrogens (tertiary/aromatic N) is 3. The van der Waals surface area contributed by atoms with E-state index in [1.54, 1.807) is 4.57 Å². The van der Waals surface area contributed by atoms with E-state index in [-0.39, 0.29) is 22.0 Å². The van der Waals surface area contributed by atoms with Gasteiger partial charge in [0.05, 0.1) is 0 Å². The molecule has 29 heavy (non-hydrogen) atoms. The summed E-state index contributed by atoms with van der Waals surface area (Å²) in [6.07, 6.45) is 6.35. The third-order valence-electron chi connectivity index (χ3n) is 5.32. The molecular weight excluding hydrogens is 390 g/mol. The van der Waals surface area contributed by atoms with E-state index in [1.807, 2.05) is 24.4 Å². The molecule has 4 rings (SSSR count). The number of aromatic nitrogens is 5. The molecule has 0 aliphatic heterocycles. The molecule has 0 amide bonds. The highest BCUT2D eigenvalue weighted by molar-refractivity contribution is 6.28. The lowest BCUT2D eigenvalue weighted by Gasteiger charge is -2.11. The van der Waals surface area contributed by atoms with Crippen LogP contribution in [0, 0.1) is 0 Å². The molecule has 8 heteroatoms. The molecule has 3 heterocycles. The van der Waals surface area contributed by atoms with Crippen LogP contribution >= 0.6 is 11.6 Å². The van der Waals surface area contributed by atoms with E-state index in [2.05, 4.69) is 27.9 Å². The summed E-state index contributed by atoms with van der Waals surface area (Å²) in [5.41, 5.74) is 2.22. The second-order valence-electron chi connectivity index (χ2n) is 7.29. The number of fused-ring (bicyclic) bond motifs is 2. The van der Waals surface area contributed by atoms with Crippen molar-refractivity contribution in [2.75, 3.05) is 0 Å². The predicted octanol–water partition coefficient (Wildman–Crippen LogP) is 3.84. The second kappa shape index (κ2) is 8.29. The van der Waals surface area contributed by atoms with Crippen molar-refractivity contribution in [2.45, 2.75) is 52.1 Å². The number of aryl methyl sites for hydroxylation is 2. The molecule has 0 atom stereocenters. The van der Waals surface area contributed by atoms with Crippen LogP contribution in [-0.2, 0) is 19.5 Å². The van der Waals surface area contributed by atoms with E-state index in [4.69, 9.17) is 11.6 Å². The van der Waals surface area contributed by atoms with E-state index in [0.717, 1.165) is 31.2 Å². The molecule has 3 aromatic heterocycles. The summed E-state index contributed by atoms with van der Waals surface area (Å²) in [5.74, 6) is 0. The number of hydrogen-bond donors (Lipinski definition) is 2. The fourth-order valence-electron chi connectivity index (χ4n) is 3.82. The van der Waals surface area contributed by atoms with Gasteiger partial charge >= 0.3 is 5.69 Å². The SMILES string of the molecule is CCCCCn1c(=O)n(CCCc2c[nH]c3ccccc23)c(=O)c2[nH]c(Cl)nc21. The van der Waals surface area contributed by atoms with Crippen LogP contribution < -0.4 is 11.2 Å². The van der Waals surface area contributed by atoms with Crippen molar-refractivity contribution in [3.63, 3.8) is 0 Å². The third kappa shape index (κ3) is 3.74. The molecule has 0 fully saturated rings. The molecule has 0 saturated heterocycles. The smallest absolute Gasteiger partial charge is 0.332 e. The first kappa shape index (κ1) is 19.5.